The second-order valence-electron chi connectivity index (χ2n) is 9.48. The van der Waals surface area contributed by atoms with Crippen LogP contribution < -0.4 is 0 Å². The fraction of sp³-hybridized carbons (Fsp3) is 0.310. The van der Waals surface area contributed by atoms with Gasteiger partial charge in [-0.25, -0.2) is 4.99 Å². The summed E-state index contributed by atoms with van der Waals surface area (Å²) in [4.78, 5) is 21.5. The average molecular weight is 549 g/mol. The van der Waals surface area contributed by atoms with Crippen LogP contribution in [-0.4, -0.2) is 26.6 Å². The zero-order valence-corrected chi connectivity index (χ0v) is 22.8. The smallest absolute Gasteiger partial charge is 0.267 e. The molecule has 0 spiro atoms. The number of aliphatic imine (C=N–C) groups is 1. The van der Waals surface area contributed by atoms with E-state index >= 15 is 0 Å². The van der Waals surface area contributed by atoms with Crippen molar-refractivity contribution in [3.05, 3.63) is 87.0 Å². The Morgan fingerprint density at radius 2 is 1.74 bits per heavy atom. The van der Waals surface area contributed by atoms with Gasteiger partial charge in [0.1, 0.15) is 0 Å². The van der Waals surface area contributed by atoms with E-state index in [2.05, 4.69) is 77.7 Å². The standard InChI is InChI=1S/C29H30BrN3OS/c1-19-9-7-8-12-26(19)33-28(34)27(35-29(33)31-24-10-5-4-6-11-24)18-22-17-20(2)32(21(22)3)25-15-13-23(30)14-16-25/h4-6,10-11,13-19,26H,7-9,12H2,1-3H3/b27-18-,31-29?/t19-,26-/m1/s1. The van der Waals surface area contributed by atoms with E-state index in [0.29, 0.717) is 5.92 Å². The number of hydrogen-bond acceptors (Lipinski definition) is 3. The summed E-state index contributed by atoms with van der Waals surface area (Å²) < 4.78 is 3.30. The molecular weight excluding hydrogens is 518 g/mol. The minimum Gasteiger partial charge on any atom is -0.318 e. The van der Waals surface area contributed by atoms with Crippen LogP contribution in [0.2, 0.25) is 0 Å². The van der Waals surface area contributed by atoms with E-state index < -0.39 is 0 Å². The molecule has 180 valence electrons. The molecule has 4 nitrogen and oxygen atoms in total. The van der Waals surface area contributed by atoms with E-state index in [9.17, 15) is 4.79 Å². The van der Waals surface area contributed by atoms with Crippen molar-refractivity contribution in [2.45, 2.75) is 52.5 Å². The molecule has 6 heteroatoms. The van der Waals surface area contributed by atoms with Crippen molar-refractivity contribution in [2.75, 3.05) is 0 Å². The van der Waals surface area contributed by atoms with Crippen molar-refractivity contribution in [1.82, 2.24) is 9.47 Å². The molecule has 1 aliphatic carbocycles. The molecule has 0 N–H and O–H groups in total. The molecule has 1 aromatic heterocycles. The van der Waals surface area contributed by atoms with E-state index in [-0.39, 0.29) is 11.9 Å². The number of nitrogens with zero attached hydrogens (tertiary/aromatic N) is 3. The zero-order chi connectivity index (χ0) is 24.5. The molecule has 3 aromatic rings. The Hall–Kier alpha value is -2.57. The molecule has 2 aliphatic rings. The summed E-state index contributed by atoms with van der Waals surface area (Å²) in [7, 11) is 0. The number of hydrogen-bond donors (Lipinski definition) is 0. The predicted molar refractivity (Wildman–Crippen MR) is 150 cm³/mol. The highest BCUT2D eigenvalue weighted by Gasteiger charge is 2.41. The summed E-state index contributed by atoms with van der Waals surface area (Å²) in [5, 5.41) is 0.799. The van der Waals surface area contributed by atoms with E-state index in [1.807, 2.05) is 35.2 Å². The van der Waals surface area contributed by atoms with Crippen molar-refractivity contribution in [1.29, 1.82) is 0 Å². The molecule has 0 bridgehead atoms. The van der Waals surface area contributed by atoms with Gasteiger partial charge in [0.25, 0.3) is 5.91 Å². The van der Waals surface area contributed by atoms with Gasteiger partial charge in [0, 0.05) is 27.6 Å². The van der Waals surface area contributed by atoms with Gasteiger partial charge < -0.3 is 4.57 Å². The van der Waals surface area contributed by atoms with Gasteiger partial charge in [0.2, 0.25) is 0 Å². The average Bonchev–Trinajstić information content (AvgIpc) is 3.30. The zero-order valence-electron chi connectivity index (χ0n) is 20.4. The maximum absolute atomic E-state index is 13.8. The number of para-hydroxylation sites is 1. The number of benzene rings is 2. The van der Waals surface area contributed by atoms with Gasteiger partial charge >= 0.3 is 0 Å². The molecule has 0 radical (unpaired) electrons. The van der Waals surface area contributed by atoms with Crippen LogP contribution in [0.15, 0.2) is 75.0 Å². The third-order valence-corrected chi connectivity index (χ3v) is 8.57. The van der Waals surface area contributed by atoms with Crippen LogP contribution in [0.25, 0.3) is 11.8 Å². The SMILES string of the molecule is Cc1cc(/C=C2\SC(=Nc3ccccc3)N([C@@H]3CCCC[C@H]3C)C2=O)c(C)n1-c1ccc(Br)cc1. The first-order valence-electron chi connectivity index (χ1n) is 12.2. The van der Waals surface area contributed by atoms with Gasteiger partial charge in [0.05, 0.1) is 10.6 Å². The van der Waals surface area contributed by atoms with E-state index in [1.54, 1.807) is 0 Å². The Bertz CT molecular complexity index is 1290. The molecule has 2 aromatic carbocycles. The minimum absolute atomic E-state index is 0.0804. The first-order chi connectivity index (χ1) is 16.9. The second-order valence-corrected chi connectivity index (χ2v) is 11.4. The van der Waals surface area contributed by atoms with Crippen molar-refractivity contribution in [2.24, 2.45) is 10.9 Å². The lowest BCUT2D eigenvalue weighted by Crippen LogP contribution is -2.44. The Kier molecular flexibility index (Phi) is 7.03. The lowest BCUT2D eigenvalue weighted by atomic mass is 9.85. The number of aryl methyl sites for hydroxylation is 1. The Labute approximate surface area is 220 Å². The number of amides is 1. The van der Waals surface area contributed by atoms with Crippen molar-refractivity contribution < 1.29 is 4.79 Å². The molecular formula is C29H30BrN3OS. The molecule has 1 amide bonds. The van der Waals surface area contributed by atoms with Crippen LogP contribution in [0.4, 0.5) is 5.69 Å². The molecule has 1 saturated heterocycles. The van der Waals surface area contributed by atoms with E-state index in [4.69, 9.17) is 4.99 Å². The number of carbonyl (C=O) groups excluding carboxylic acids is 1. The highest BCUT2D eigenvalue weighted by atomic mass is 79.9. The highest BCUT2D eigenvalue weighted by molar-refractivity contribution is 9.10. The van der Waals surface area contributed by atoms with Crippen molar-refractivity contribution in [3.63, 3.8) is 0 Å². The molecule has 35 heavy (non-hydrogen) atoms. The molecule has 2 fully saturated rings. The molecule has 1 aliphatic heterocycles. The van der Waals surface area contributed by atoms with Crippen molar-refractivity contribution >= 4 is 50.5 Å². The normalized spacial score (nSPS) is 23.0. The topological polar surface area (TPSA) is 37.6 Å². The summed E-state index contributed by atoms with van der Waals surface area (Å²) >= 11 is 5.03. The Morgan fingerprint density at radius 1 is 1.03 bits per heavy atom. The molecule has 2 atom stereocenters. The quantitative estimate of drug-likeness (QED) is 0.310. The summed E-state index contributed by atoms with van der Waals surface area (Å²) in [6.07, 6.45) is 6.65. The van der Waals surface area contributed by atoms with E-state index in [1.165, 1.54) is 18.2 Å². The summed E-state index contributed by atoms with van der Waals surface area (Å²) in [6, 6.07) is 20.6. The second kappa shape index (κ2) is 10.2. The van der Waals surface area contributed by atoms with Gasteiger partial charge in [-0.1, -0.05) is 53.9 Å². The Balaban J connectivity index is 1.53. The maximum Gasteiger partial charge on any atom is 0.267 e. The summed E-state index contributed by atoms with van der Waals surface area (Å²) in [5.41, 5.74) is 5.33. The van der Waals surface area contributed by atoms with Crippen molar-refractivity contribution in [3.8, 4) is 5.69 Å². The summed E-state index contributed by atoms with van der Waals surface area (Å²) in [6.45, 7) is 6.50. The highest BCUT2D eigenvalue weighted by Crippen LogP contribution is 2.40. The number of halogens is 1. The first-order valence-corrected chi connectivity index (χ1v) is 13.8. The van der Waals surface area contributed by atoms with Crippen LogP contribution in [0.3, 0.4) is 0 Å². The number of rotatable bonds is 4. The monoisotopic (exact) mass is 547 g/mol. The lowest BCUT2D eigenvalue weighted by molar-refractivity contribution is -0.124. The van der Waals surface area contributed by atoms with Gasteiger partial charge in [-0.15, -0.1) is 0 Å². The number of carbonyl (C=O) groups is 1. The van der Waals surface area contributed by atoms with Crippen LogP contribution in [0.5, 0.6) is 0 Å². The summed E-state index contributed by atoms with van der Waals surface area (Å²) in [5.74, 6) is 0.549. The third kappa shape index (κ3) is 4.91. The van der Waals surface area contributed by atoms with Gasteiger partial charge in [0.15, 0.2) is 5.17 Å². The molecule has 5 rings (SSSR count). The number of thioether (sulfide) groups is 1. The minimum atomic E-state index is 0.0804. The van der Waals surface area contributed by atoms with E-state index in [0.717, 1.165) is 62.1 Å². The fourth-order valence-corrected chi connectivity index (χ4v) is 6.51. The van der Waals surface area contributed by atoms with Crippen LogP contribution in [0, 0.1) is 19.8 Å². The number of amidine groups is 1. The lowest BCUT2D eigenvalue weighted by Gasteiger charge is -2.35. The predicted octanol–water partition coefficient (Wildman–Crippen LogP) is 8.04. The maximum atomic E-state index is 13.8. The Morgan fingerprint density at radius 3 is 2.46 bits per heavy atom. The third-order valence-electron chi connectivity index (χ3n) is 7.06. The molecule has 0 unspecified atom stereocenters. The number of aromatic nitrogens is 1. The van der Waals surface area contributed by atoms with Crippen LogP contribution in [0.1, 0.15) is 49.6 Å². The molecule has 2 heterocycles. The fourth-order valence-electron chi connectivity index (χ4n) is 5.21. The van der Waals surface area contributed by atoms with Crippen LogP contribution in [-0.2, 0) is 4.79 Å². The molecule has 1 saturated carbocycles. The van der Waals surface area contributed by atoms with Gasteiger partial charge in [-0.2, -0.15) is 0 Å². The first kappa shape index (κ1) is 24.1. The van der Waals surface area contributed by atoms with Gasteiger partial charge in [-0.3, -0.25) is 9.69 Å². The largest absolute Gasteiger partial charge is 0.318 e. The van der Waals surface area contributed by atoms with Gasteiger partial charge in [-0.05, 0) is 98.5 Å². The van der Waals surface area contributed by atoms with Crippen LogP contribution >= 0.6 is 27.7 Å².